The number of benzene rings is 2. The van der Waals surface area contributed by atoms with Crippen LogP contribution in [0.15, 0.2) is 52.9 Å². The van der Waals surface area contributed by atoms with Crippen molar-refractivity contribution in [1.29, 1.82) is 0 Å². The molecule has 7 heteroatoms. The summed E-state index contributed by atoms with van der Waals surface area (Å²) in [5.74, 6) is 1.17. The maximum absolute atomic E-state index is 13.1. The summed E-state index contributed by atoms with van der Waals surface area (Å²) in [6, 6.07) is 14.7. The standard InChI is InChI=1S/C20H18ClN3O3/c1-26-17-9-5-3-7-15(17)20(25)24(13-10-11-13)12-18-22-23-19(27-18)14-6-2-4-8-16(14)21/h2-9,13H,10-12H2,1H3. The predicted molar refractivity (Wildman–Crippen MR) is 101 cm³/mol. The lowest BCUT2D eigenvalue weighted by Crippen LogP contribution is -2.33. The first-order chi connectivity index (χ1) is 13.2. The molecule has 4 rings (SSSR count). The number of amides is 1. The van der Waals surface area contributed by atoms with E-state index in [0.717, 1.165) is 12.8 Å². The molecule has 1 aliphatic rings. The van der Waals surface area contributed by atoms with Crippen LogP contribution in [0.5, 0.6) is 5.75 Å². The maximum Gasteiger partial charge on any atom is 0.258 e. The summed E-state index contributed by atoms with van der Waals surface area (Å²) in [7, 11) is 1.56. The van der Waals surface area contributed by atoms with Gasteiger partial charge in [-0.25, -0.2) is 0 Å². The molecule has 1 fully saturated rings. The van der Waals surface area contributed by atoms with E-state index in [1.807, 2.05) is 30.3 Å². The van der Waals surface area contributed by atoms with Gasteiger partial charge in [0.05, 0.1) is 29.8 Å². The summed E-state index contributed by atoms with van der Waals surface area (Å²) in [5, 5.41) is 8.72. The third-order valence-corrected chi connectivity index (χ3v) is 4.79. The minimum atomic E-state index is -0.104. The van der Waals surface area contributed by atoms with Crippen molar-refractivity contribution in [3.63, 3.8) is 0 Å². The van der Waals surface area contributed by atoms with E-state index in [-0.39, 0.29) is 18.5 Å². The van der Waals surface area contributed by atoms with Gasteiger partial charge in [0, 0.05) is 6.04 Å². The van der Waals surface area contributed by atoms with Crippen molar-refractivity contribution < 1.29 is 13.9 Å². The van der Waals surface area contributed by atoms with Crippen LogP contribution in [-0.4, -0.2) is 34.2 Å². The molecule has 1 aliphatic carbocycles. The molecular formula is C20H18ClN3O3. The molecule has 6 nitrogen and oxygen atoms in total. The molecule has 138 valence electrons. The fraction of sp³-hybridized carbons (Fsp3) is 0.250. The van der Waals surface area contributed by atoms with E-state index in [2.05, 4.69) is 10.2 Å². The second-order valence-corrected chi connectivity index (χ2v) is 6.75. The summed E-state index contributed by atoms with van der Waals surface area (Å²) in [6.45, 7) is 0.249. The highest BCUT2D eigenvalue weighted by atomic mass is 35.5. The van der Waals surface area contributed by atoms with E-state index >= 15 is 0 Å². The molecule has 1 amide bonds. The zero-order chi connectivity index (χ0) is 18.8. The highest BCUT2D eigenvalue weighted by Gasteiger charge is 2.35. The molecule has 1 heterocycles. The van der Waals surface area contributed by atoms with Crippen LogP contribution >= 0.6 is 11.6 Å². The molecule has 2 aromatic carbocycles. The van der Waals surface area contributed by atoms with Crippen molar-refractivity contribution in [2.45, 2.75) is 25.4 Å². The first-order valence-electron chi connectivity index (χ1n) is 8.68. The summed E-state index contributed by atoms with van der Waals surface area (Å²) in [4.78, 5) is 14.8. The molecule has 0 radical (unpaired) electrons. The number of halogens is 1. The van der Waals surface area contributed by atoms with Crippen molar-refractivity contribution in [1.82, 2.24) is 15.1 Å². The summed E-state index contributed by atoms with van der Waals surface area (Å²) in [5.41, 5.74) is 1.20. The summed E-state index contributed by atoms with van der Waals surface area (Å²) in [6.07, 6.45) is 1.93. The van der Waals surface area contributed by atoms with Gasteiger partial charge in [-0.1, -0.05) is 35.9 Å². The van der Waals surface area contributed by atoms with Crippen LogP contribution < -0.4 is 4.74 Å². The molecule has 0 bridgehead atoms. The Morgan fingerprint density at radius 3 is 2.67 bits per heavy atom. The Balaban J connectivity index is 1.58. The molecule has 1 aromatic heterocycles. The Morgan fingerprint density at radius 2 is 1.93 bits per heavy atom. The minimum Gasteiger partial charge on any atom is -0.496 e. The number of hydrogen-bond acceptors (Lipinski definition) is 5. The van der Waals surface area contributed by atoms with E-state index in [1.165, 1.54) is 0 Å². The molecule has 1 saturated carbocycles. The van der Waals surface area contributed by atoms with Gasteiger partial charge in [-0.15, -0.1) is 10.2 Å². The number of methoxy groups -OCH3 is 1. The van der Waals surface area contributed by atoms with Gasteiger partial charge in [0.1, 0.15) is 5.75 Å². The van der Waals surface area contributed by atoms with Gasteiger partial charge >= 0.3 is 0 Å². The van der Waals surface area contributed by atoms with Gasteiger partial charge < -0.3 is 14.1 Å². The van der Waals surface area contributed by atoms with E-state index < -0.39 is 0 Å². The predicted octanol–water partition coefficient (Wildman–Crippen LogP) is 4.20. The van der Waals surface area contributed by atoms with Crippen molar-refractivity contribution >= 4 is 17.5 Å². The first-order valence-corrected chi connectivity index (χ1v) is 9.06. The number of ether oxygens (including phenoxy) is 1. The Hall–Kier alpha value is -2.86. The topological polar surface area (TPSA) is 68.5 Å². The molecular weight excluding hydrogens is 366 g/mol. The van der Waals surface area contributed by atoms with Crippen molar-refractivity contribution in [2.75, 3.05) is 7.11 Å². The Morgan fingerprint density at radius 1 is 1.19 bits per heavy atom. The lowest BCUT2D eigenvalue weighted by molar-refractivity contribution is 0.0711. The monoisotopic (exact) mass is 383 g/mol. The summed E-state index contributed by atoms with van der Waals surface area (Å²) >= 11 is 6.19. The van der Waals surface area contributed by atoms with Gasteiger partial charge in [0.15, 0.2) is 0 Å². The van der Waals surface area contributed by atoms with Gasteiger partial charge in [0.2, 0.25) is 11.8 Å². The quantitative estimate of drug-likeness (QED) is 0.638. The van der Waals surface area contributed by atoms with Crippen LogP contribution in [0.3, 0.4) is 0 Å². The number of carbonyl (C=O) groups is 1. The lowest BCUT2D eigenvalue weighted by atomic mass is 10.1. The summed E-state index contributed by atoms with van der Waals surface area (Å²) < 4.78 is 11.1. The highest BCUT2D eigenvalue weighted by molar-refractivity contribution is 6.33. The third-order valence-electron chi connectivity index (χ3n) is 4.46. The van der Waals surface area contributed by atoms with Crippen LogP contribution in [0, 0.1) is 0 Å². The van der Waals surface area contributed by atoms with Crippen LogP contribution in [0.1, 0.15) is 29.1 Å². The van der Waals surface area contributed by atoms with E-state index in [1.54, 1.807) is 30.2 Å². The van der Waals surface area contributed by atoms with Crippen LogP contribution in [0.2, 0.25) is 5.02 Å². The molecule has 27 heavy (non-hydrogen) atoms. The molecule has 0 saturated heterocycles. The molecule has 0 atom stereocenters. The molecule has 0 spiro atoms. The van der Waals surface area contributed by atoms with Crippen molar-refractivity contribution in [3.05, 3.63) is 65.0 Å². The third kappa shape index (κ3) is 3.66. The van der Waals surface area contributed by atoms with Gasteiger partial charge in [-0.2, -0.15) is 0 Å². The number of hydrogen-bond donors (Lipinski definition) is 0. The number of rotatable bonds is 6. The molecule has 0 unspecified atom stereocenters. The Kier molecular flexibility index (Phi) is 4.81. The normalized spacial score (nSPS) is 13.4. The zero-order valence-electron chi connectivity index (χ0n) is 14.8. The van der Waals surface area contributed by atoms with E-state index in [9.17, 15) is 4.79 Å². The molecule has 0 N–H and O–H groups in total. The second-order valence-electron chi connectivity index (χ2n) is 6.35. The number of aromatic nitrogens is 2. The van der Waals surface area contributed by atoms with Crippen molar-refractivity contribution in [3.8, 4) is 17.2 Å². The smallest absolute Gasteiger partial charge is 0.258 e. The first kappa shape index (κ1) is 17.5. The fourth-order valence-electron chi connectivity index (χ4n) is 2.94. The largest absolute Gasteiger partial charge is 0.496 e. The SMILES string of the molecule is COc1ccccc1C(=O)N(Cc1nnc(-c2ccccc2Cl)o1)C1CC1. The van der Waals surface area contributed by atoms with Crippen LogP contribution in [-0.2, 0) is 6.54 Å². The van der Waals surface area contributed by atoms with Crippen LogP contribution in [0.4, 0.5) is 0 Å². The van der Waals surface area contributed by atoms with Gasteiger partial charge in [0.25, 0.3) is 5.91 Å². The number of nitrogens with zero attached hydrogens (tertiary/aromatic N) is 3. The van der Waals surface area contributed by atoms with E-state index in [0.29, 0.717) is 33.7 Å². The second kappa shape index (κ2) is 7.40. The minimum absolute atomic E-state index is 0.104. The number of carbonyl (C=O) groups excluding carboxylic acids is 1. The Bertz CT molecular complexity index is 968. The van der Waals surface area contributed by atoms with E-state index in [4.69, 9.17) is 20.8 Å². The maximum atomic E-state index is 13.1. The number of para-hydroxylation sites is 1. The van der Waals surface area contributed by atoms with Crippen LogP contribution in [0.25, 0.3) is 11.5 Å². The lowest BCUT2D eigenvalue weighted by Gasteiger charge is -2.21. The fourth-order valence-corrected chi connectivity index (χ4v) is 3.15. The van der Waals surface area contributed by atoms with Gasteiger partial charge in [-0.05, 0) is 37.1 Å². The zero-order valence-corrected chi connectivity index (χ0v) is 15.5. The van der Waals surface area contributed by atoms with Gasteiger partial charge in [-0.3, -0.25) is 4.79 Å². The molecule has 3 aromatic rings. The Labute approximate surface area is 161 Å². The average Bonchev–Trinajstić information content (AvgIpc) is 3.44. The van der Waals surface area contributed by atoms with Crippen molar-refractivity contribution in [2.24, 2.45) is 0 Å². The average molecular weight is 384 g/mol. The highest BCUT2D eigenvalue weighted by Crippen LogP contribution is 2.32. The molecule has 0 aliphatic heterocycles.